The Bertz CT molecular complexity index is 461. The topological polar surface area (TPSA) is 75.4 Å². The fraction of sp³-hybridized carbons (Fsp3) is 0.429. The SMILES string of the molecule is CC(CN)C(=O)N1CCNC(=O)C1c1ccccc1. The van der Waals surface area contributed by atoms with Gasteiger partial charge in [0.25, 0.3) is 0 Å². The molecule has 2 unspecified atom stereocenters. The molecular weight excluding hydrogens is 242 g/mol. The summed E-state index contributed by atoms with van der Waals surface area (Å²) in [4.78, 5) is 26.0. The summed E-state index contributed by atoms with van der Waals surface area (Å²) in [5.41, 5.74) is 6.38. The lowest BCUT2D eigenvalue weighted by Crippen LogP contribution is -2.53. The smallest absolute Gasteiger partial charge is 0.247 e. The Morgan fingerprint density at radius 1 is 1.47 bits per heavy atom. The summed E-state index contributed by atoms with van der Waals surface area (Å²) in [6, 6.07) is 8.81. The van der Waals surface area contributed by atoms with Gasteiger partial charge in [0.15, 0.2) is 0 Å². The zero-order chi connectivity index (χ0) is 13.8. The van der Waals surface area contributed by atoms with Gasteiger partial charge < -0.3 is 16.0 Å². The Labute approximate surface area is 112 Å². The number of nitrogens with two attached hydrogens (primary N) is 1. The van der Waals surface area contributed by atoms with Crippen LogP contribution in [0.5, 0.6) is 0 Å². The zero-order valence-electron chi connectivity index (χ0n) is 11.0. The van der Waals surface area contributed by atoms with E-state index in [0.29, 0.717) is 19.6 Å². The molecule has 1 aliphatic heterocycles. The minimum Gasteiger partial charge on any atom is -0.352 e. The molecule has 1 fully saturated rings. The van der Waals surface area contributed by atoms with Crippen molar-refractivity contribution >= 4 is 11.8 Å². The van der Waals surface area contributed by atoms with Gasteiger partial charge in [-0.15, -0.1) is 0 Å². The van der Waals surface area contributed by atoms with Crippen LogP contribution in [0.1, 0.15) is 18.5 Å². The maximum absolute atomic E-state index is 12.3. The van der Waals surface area contributed by atoms with Gasteiger partial charge in [0.05, 0.1) is 0 Å². The summed E-state index contributed by atoms with van der Waals surface area (Å²) >= 11 is 0. The number of benzene rings is 1. The van der Waals surface area contributed by atoms with Gasteiger partial charge in [-0.3, -0.25) is 9.59 Å². The monoisotopic (exact) mass is 261 g/mol. The summed E-state index contributed by atoms with van der Waals surface area (Å²) in [6.45, 7) is 3.09. The molecule has 0 bridgehead atoms. The minimum absolute atomic E-state index is 0.0637. The van der Waals surface area contributed by atoms with Crippen LogP contribution in [0.15, 0.2) is 30.3 Å². The number of rotatable bonds is 3. The molecule has 0 saturated carbocycles. The standard InChI is InChI=1S/C14H19N3O2/c1-10(9-15)14(19)17-8-7-16-13(18)12(17)11-5-3-2-4-6-11/h2-6,10,12H,7-9,15H2,1H3,(H,16,18). The number of nitrogens with one attached hydrogen (secondary N) is 1. The van der Waals surface area contributed by atoms with E-state index in [4.69, 9.17) is 5.73 Å². The Morgan fingerprint density at radius 3 is 2.79 bits per heavy atom. The number of hydrogen-bond donors (Lipinski definition) is 2. The average molecular weight is 261 g/mol. The number of carbonyl (C=O) groups excluding carboxylic acids is 2. The van der Waals surface area contributed by atoms with E-state index in [1.807, 2.05) is 30.3 Å². The predicted molar refractivity (Wildman–Crippen MR) is 72.1 cm³/mol. The van der Waals surface area contributed by atoms with E-state index >= 15 is 0 Å². The molecule has 0 aliphatic carbocycles. The van der Waals surface area contributed by atoms with E-state index in [2.05, 4.69) is 5.32 Å². The van der Waals surface area contributed by atoms with Crippen molar-refractivity contribution in [3.8, 4) is 0 Å². The van der Waals surface area contributed by atoms with Crippen LogP contribution in [0.25, 0.3) is 0 Å². The van der Waals surface area contributed by atoms with Gasteiger partial charge >= 0.3 is 0 Å². The third-order valence-electron chi connectivity index (χ3n) is 3.39. The molecule has 5 nitrogen and oxygen atoms in total. The lowest BCUT2D eigenvalue weighted by molar-refractivity contribution is -0.146. The van der Waals surface area contributed by atoms with Crippen molar-refractivity contribution in [2.45, 2.75) is 13.0 Å². The van der Waals surface area contributed by atoms with E-state index in [1.54, 1.807) is 11.8 Å². The predicted octanol–water partition coefficient (Wildman–Crippen LogP) is 0.281. The van der Waals surface area contributed by atoms with Crippen LogP contribution in [0.3, 0.4) is 0 Å². The first kappa shape index (κ1) is 13.5. The van der Waals surface area contributed by atoms with Crippen molar-refractivity contribution in [1.29, 1.82) is 0 Å². The molecule has 1 saturated heterocycles. The maximum atomic E-state index is 12.3. The summed E-state index contributed by atoms with van der Waals surface area (Å²) in [5.74, 6) is -0.460. The molecule has 2 rings (SSSR count). The van der Waals surface area contributed by atoms with Gasteiger partial charge in [0, 0.05) is 25.6 Å². The minimum atomic E-state index is -0.545. The molecule has 5 heteroatoms. The number of amides is 2. The highest BCUT2D eigenvalue weighted by atomic mass is 16.2. The van der Waals surface area contributed by atoms with Crippen molar-refractivity contribution in [3.63, 3.8) is 0 Å². The van der Waals surface area contributed by atoms with Crippen LogP contribution in [0, 0.1) is 5.92 Å². The van der Waals surface area contributed by atoms with Crippen molar-refractivity contribution in [2.75, 3.05) is 19.6 Å². The van der Waals surface area contributed by atoms with Crippen LogP contribution in [-0.2, 0) is 9.59 Å². The van der Waals surface area contributed by atoms with Gasteiger partial charge in [0.1, 0.15) is 6.04 Å². The largest absolute Gasteiger partial charge is 0.352 e. The van der Waals surface area contributed by atoms with Gasteiger partial charge in [0.2, 0.25) is 11.8 Å². The first-order valence-electron chi connectivity index (χ1n) is 6.48. The summed E-state index contributed by atoms with van der Waals surface area (Å²) in [6.07, 6.45) is 0. The van der Waals surface area contributed by atoms with Gasteiger partial charge in [-0.05, 0) is 5.56 Å². The summed E-state index contributed by atoms with van der Waals surface area (Å²) < 4.78 is 0. The van der Waals surface area contributed by atoms with Crippen molar-refractivity contribution < 1.29 is 9.59 Å². The Kier molecular flexibility index (Phi) is 4.16. The molecule has 2 amide bonds. The maximum Gasteiger partial charge on any atom is 0.247 e. The van der Waals surface area contributed by atoms with E-state index in [9.17, 15) is 9.59 Å². The van der Waals surface area contributed by atoms with E-state index in [1.165, 1.54) is 0 Å². The molecule has 0 radical (unpaired) electrons. The van der Waals surface area contributed by atoms with Crippen LogP contribution in [0.4, 0.5) is 0 Å². The van der Waals surface area contributed by atoms with Crippen LogP contribution < -0.4 is 11.1 Å². The molecule has 1 aromatic rings. The van der Waals surface area contributed by atoms with E-state index in [-0.39, 0.29) is 17.7 Å². The molecule has 19 heavy (non-hydrogen) atoms. The average Bonchev–Trinajstić information content (AvgIpc) is 2.46. The molecule has 1 heterocycles. The zero-order valence-corrected chi connectivity index (χ0v) is 11.0. The van der Waals surface area contributed by atoms with Crippen molar-refractivity contribution in [2.24, 2.45) is 11.7 Å². The molecule has 0 aromatic heterocycles. The fourth-order valence-electron chi connectivity index (χ4n) is 2.25. The van der Waals surface area contributed by atoms with Crippen LogP contribution >= 0.6 is 0 Å². The highest BCUT2D eigenvalue weighted by Crippen LogP contribution is 2.24. The summed E-state index contributed by atoms with van der Waals surface area (Å²) in [7, 11) is 0. The molecular formula is C14H19N3O2. The quantitative estimate of drug-likeness (QED) is 0.820. The Balaban J connectivity index is 2.30. The molecule has 1 aromatic carbocycles. The molecule has 2 atom stereocenters. The number of nitrogens with zero attached hydrogens (tertiary/aromatic N) is 1. The second kappa shape index (κ2) is 5.84. The lowest BCUT2D eigenvalue weighted by Gasteiger charge is -2.36. The summed E-state index contributed by atoms with van der Waals surface area (Å²) in [5, 5.41) is 2.81. The molecule has 3 N–H and O–H groups in total. The number of hydrogen-bond acceptors (Lipinski definition) is 3. The first-order valence-corrected chi connectivity index (χ1v) is 6.48. The van der Waals surface area contributed by atoms with E-state index < -0.39 is 6.04 Å². The fourth-order valence-corrected chi connectivity index (χ4v) is 2.25. The van der Waals surface area contributed by atoms with E-state index in [0.717, 1.165) is 5.56 Å². The van der Waals surface area contributed by atoms with Crippen LogP contribution in [0.2, 0.25) is 0 Å². The number of carbonyl (C=O) groups is 2. The Hall–Kier alpha value is -1.88. The van der Waals surface area contributed by atoms with Crippen molar-refractivity contribution in [1.82, 2.24) is 10.2 Å². The van der Waals surface area contributed by atoms with Crippen molar-refractivity contribution in [3.05, 3.63) is 35.9 Å². The highest BCUT2D eigenvalue weighted by molar-refractivity contribution is 5.90. The van der Waals surface area contributed by atoms with Gasteiger partial charge in [-0.1, -0.05) is 37.3 Å². The second-order valence-electron chi connectivity index (χ2n) is 4.77. The highest BCUT2D eigenvalue weighted by Gasteiger charge is 2.35. The van der Waals surface area contributed by atoms with Gasteiger partial charge in [-0.25, -0.2) is 0 Å². The van der Waals surface area contributed by atoms with Crippen LogP contribution in [-0.4, -0.2) is 36.3 Å². The number of piperazine rings is 1. The lowest BCUT2D eigenvalue weighted by atomic mass is 10.00. The third kappa shape index (κ3) is 2.76. The third-order valence-corrected chi connectivity index (χ3v) is 3.39. The molecule has 102 valence electrons. The first-order chi connectivity index (χ1) is 9.15. The normalized spacial score (nSPS) is 20.8. The molecule has 1 aliphatic rings. The second-order valence-corrected chi connectivity index (χ2v) is 4.77. The van der Waals surface area contributed by atoms with Gasteiger partial charge in [-0.2, -0.15) is 0 Å². The Morgan fingerprint density at radius 2 is 2.16 bits per heavy atom. The molecule has 0 spiro atoms.